The molecular formula is C27H30BrN3O4. The number of benzene rings is 2. The molecule has 2 aromatic carbocycles. The molecule has 184 valence electrons. The van der Waals surface area contributed by atoms with Gasteiger partial charge in [-0.3, -0.25) is 9.59 Å². The van der Waals surface area contributed by atoms with Gasteiger partial charge in [0.25, 0.3) is 5.91 Å². The first kappa shape index (κ1) is 25.0. The number of amides is 1. The number of carboxylic acid groups (broad SMARTS) is 1. The number of fused-ring (bicyclic) bond motifs is 1. The molecule has 1 aliphatic rings. The molecule has 3 aromatic rings. The van der Waals surface area contributed by atoms with Crippen LogP contribution in [0.2, 0.25) is 0 Å². The van der Waals surface area contributed by atoms with E-state index in [2.05, 4.69) is 26.1 Å². The van der Waals surface area contributed by atoms with Gasteiger partial charge in [-0.05, 0) is 56.0 Å². The summed E-state index contributed by atoms with van der Waals surface area (Å²) in [6, 6.07) is 13.3. The van der Waals surface area contributed by atoms with Crippen molar-refractivity contribution in [3.63, 3.8) is 0 Å². The average Bonchev–Trinajstić information content (AvgIpc) is 3.38. The van der Waals surface area contributed by atoms with E-state index in [4.69, 9.17) is 9.72 Å². The van der Waals surface area contributed by atoms with Crippen LogP contribution in [0.3, 0.4) is 0 Å². The highest BCUT2D eigenvalue weighted by atomic mass is 79.9. The standard InChI is InChI=1S/C27H30BrN3O4/c1-17-25(21-15-19(28)10-11-22(21)30-26(17)31-13-5-6-14-31)27(34)29-16-18(9-12-24(32)33)20-7-3-4-8-23(20)35-2/h3-4,7-8,10-11,15,18H,5-6,9,12-14,16H2,1-2H3,(H,29,34)(H,32,33)/t18-/m0/s1. The topological polar surface area (TPSA) is 91.8 Å². The fourth-order valence-corrected chi connectivity index (χ4v) is 5.18. The van der Waals surface area contributed by atoms with Crippen LogP contribution in [0.5, 0.6) is 5.75 Å². The minimum atomic E-state index is -0.868. The summed E-state index contributed by atoms with van der Waals surface area (Å²) in [5.41, 5.74) is 3.12. The summed E-state index contributed by atoms with van der Waals surface area (Å²) in [5.74, 6) is 0.276. The van der Waals surface area contributed by atoms with Crippen molar-refractivity contribution in [2.75, 3.05) is 31.6 Å². The van der Waals surface area contributed by atoms with E-state index in [0.717, 1.165) is 58.3 Å². The van der Waals surface area contributed by atoms with Crippen molar-refractivity contribution in [3.8, 4) is 5.75 Å². The zero-order valence-corrected chi connectivity index (χ0v) is 21.6. The molecule has 1 aliphatic heterocycles. The predicted octanol–water partition coefficient (Wildman–Crippen LogP) is 5.29. The van der Waals surface area contributed by atoms with Gasteiger partial charge in [-0.15, -0.1) is 0 Å². The molecule has 4 rings (SSSR count). The van der Waals surface area contributed by atoms with Crippen molar-refractivity contribution in [2.45, 2.75) is 38.5 Å². The molecule has 1 saturated heterocycles. The average molecular weight is 540 g/mol. The Kier molecular flexibility index (Phi) is 7.90. The first-order valence-corrected chi connectivity index (χ1v) is 12.7. The van der Waals surface area contributed by atoms with Crippen molar-refractivity contribution in [2.24, 2.45) is 0 Å². The number of carboxylic acids is 1. The lowest BCUT2D eigenvalue weighted by Gasteiger charge is -2.23. The number of aromatic nitrogens is 1. The number of anilines is 1. The van der Waals surface area contributed by atoms with Crippen LogP contribution in [-0.4, -0.2) is 48.7 Å². The maximum atomic E-state index is 13.7. The Labute approximate surface area is 213 Å². The number of pyridine rings is 1. The Balaban J connectivity index is 1.67. The summed E-state index contributed by atoms with van der Waals surface area (Å²) in [5, 5.41) is 13.2. The molecule has 1 fully saturated rings. The van der Waals surface area contributed by atoms with Crippen molar-refractivity contribution in [1.82, 2.24) is 10.3 Å². The highest BCUT2D eigenvalue weighted by Crippen LogP contribution is 2.33. The molecule has 0 saturated carbocycles. The third-order valence-electron chi connectivity index (χ3n) is 6.59. The van der Waals surface area contributed by atoms with E-state index >= 15 is 0 Å². The van der Waals surface area contributed by atoms with Crippen molar-refractivity contribution < 1.29 is 19.4 Å². The summed E-state index contributed by atoms with van der Waals surface area (Å²) in [6.07, 6.45) is 2.62. The summed E-state index contributed by atoms with van der Waals surface area (Å²) in [4.78, 5) is 32.1. The van der Waals surface area contributed by atoms with Crippen LogP contribution >= 0.6 is 15.9 Å². The normalized spacial score (nSPS) is 14.2. The zero-order chi connectivity index (χ0) is 24.9. The van der Waals surface area contributed by atoms with Crippen LogP contribution < -0.4 is 15.0 Å². The molecule has 0 radical (unpaired) electrons. The van der Waals surface area contributed by atoms with Crippen molar-refractivity contribution in [3.05, 3.63) is 63.6 Å². The SMILES string of the molecule is COc1ccccc1[C@@H](CCC(=O)O)CNC(=O)c1c(C)c(N2CCCC2)nc2ccc(Br)cc12. The molecule has 2 N–H and O–H groups in total. The summed E-state index contributed by atoms with van der Waals surface area (Å²) >= 11 is 3.53. The minimum Gasteiger partial charge on any atom is -0.496 e. The van der Waals surface area contributed by atoms with E-state index in [1.165, 1.54) is 0 Å². The molecule has 2 heterocycles. The quantitative estimate of drug-likeness (QED) is 0.383. The number of halogens is 1. The lowest BCUT2D eigenvalue weighted by molar-refractivity contribution is -0.137. The smallest absolute Gasteiger partial charge is 0.303 e. The number of hydrogen-bond donors (Lipinski definition) is 2. The number of aliphatic carboxylic acids is 1. The Hall–Kier alpha value is -3.13. The highest BCUT2D eigenvalue weighted by Gasteiger charge is 2.25. The summed E-state index contributed by atoms with van der Waals surface area (Å²) < 4.78 is 6.39. The third kappa shape index (κ3) is 5.59. The fraction of sp³-hybridized carbons (Fsp3) is 0.370. The van der Waals surface area contributed by atoms with Gasteiger partial charge in [-0.1, -0.05) is 34.1 Å². The fourth-order valence-electron chi connectivity index (χ4n) is 4.82. The number of hydrogen-bond acceptors (Lipinski definition) is 5. The van der Waals surface area contributed by atoms with E-state index in [0.29, 0.717) is 24.3 Å². The van der Waals surface area contributed by atoms with Gasteiger partial charge in [0.1, 0.15) is 11.6 Å². The molecule has 0 bridgehead atoms. The van der Waals surface area contributed by atoms with Crippen LogP contribution in [0, 0.1) is 6.92 Å². The largest absolute Gasteiger partial charge is 0.496 e. The molecular weight excluding hydrogens is 510 g/mol. The zero-order valence-electron chi connectivity index (χ0n) is 20.0. The number of methoxy groups -OCH3 is 1. The highest BCUT2D eigenvalue weighted by molar-refractivity contribution is 9.10. The number of carbonyl (C=O) groups is 2. The molecule has 1 aromatic heterocycles. The second kappa shape index (κ2) is 11.1. The molecule has 1 amide bonds. The lowest BCUT2D eigenvalue weighted by Crippen LogP contribution is -2.30. The number of nitrogens with zero attached hydrogens (tertiary/aromatic N) is 2. The number of nitrogens with one attached hydrogen (secondary N) is 1. The van der Waals surface area contributed by atoms with E-state index < -0.39 is 5.97 Å². The predicted molar refractivity (Wildman–Crippen MR) is 141 cm³/mol. The Morgan fingerprint density at radius 1 is 1.20 bits per heavy atom. The van der Waals surface area contributed by atoms with Crippen LogP contribution in [0.4, 0.5) is 5.82 Å². The number of carbonyl (C=O) groups excluding carboxylic acids is 1. The maximum absolute atomic E-state index is 13.7. The van der Waals surface area contributed by atoms with Gasteiger partial charge in [-0.25, -0.2) is 4.98 Å². The number of ether oxygens (including phenoxy) is 1. The second-order valence-corrected chi connectivity index (χ2v) is 9.79. The van der Waals surface area contributed by atoms with E-state index in [-0.39, 0.29) is 18.2 Å². The van der Waals surface area contributed by atoms with Gasteiger partial charge in [0.15, 0.2) is 0 Å². The van der Waals surface area contributed by atoms with Gasteiger partial charge in [0, 0.05) is 47.4 Å². The van der Waals surface area contributed by atoms with Gasteiger partial charge in [0.05, 0.1) is 18.2 Å². The maximum Gasteiger partial charge on any atom is 0.303 e. The Bertz CT molecular complexity index is 1240. The molecule has 8 heteroatoms. The van der Waals surface area contributed by atoms with Crippen LogP contribution in [0.1, 0.15) is 53.1 Å². The van der Waals surface area contributed by atoms with Crippen molar-refractivity contribution in [1.29, 1.82) is 0 Å². The summed E-state index contributed by atoms with van der Waals surface area (Å²) in [6.45, 7) is 4.12. The van der Waals surface area contributed by atoms with Gasteiger partial charge < -0.3 is 20.1 Å². The van der Waals surface area contributed by atoms with Crippen LogP contribution in [0.25, 0.3) is 10.9 Å². The molecule has 0 spiro atoms. The minimum absolute atomic E-state index is 0.00184. The Morgan fingerprint density at radius 3 is 2.66 bits per heavy atom. The van der Waals surface area contributed by atoms with Crippen molar-refractivity contribution >= 4 is 44.5 Å². The first-order chi connectivity index (χ1) is 16.9. The molecule has 1 atom stereocenters. The molecule has 35 heavy (non-hydrogen) atoms. The number of para-hydroxylation sites is 1. The Morgan fingerprint density at radius 2 is 1.94 bits per heavy atom. The van der Waals surface area contributed by atoms with Gasteiger partial charge in [0.2, 0.25) is 0 Å². The van der Waals surface area contributed by atoms with Gasteiger partial charge in [-0.2, -0.15) is 0 Å². The number of rotatable bonds is 9. The molecule has 7 nitrogen and oxygen atoms in total. The van der Waals surface area contributed by atoms with Crippen LogP contribution in [0.15, 0.2) is 46.9 Å². The monoisotopic (exact) mass is 539 g/mol. The van der Waals surface area contributed by atoms with E-state index in [9.17, 15) is 14.7 Å². The van der Waals surface area contributed by atoms with E-state index in [1.807, 2.05) is 49.4 Å². The second-order valence-electron chi connectivity index (χ2n) is 8.87. The summed E-state index contributed by atoms with van der Waals surface area (Å²) in [7, 11) is 1.59. The molecule has 0 unspecified atom stereocenters. The first-order valence-electron chi connectivity index (χ1n) is 11.9. The molecule has 0 aliphatic carbocycles. The van der Waals surface area contributed by atoms with E-state index in [1.54, 1.807) is 7.11 Å². The lowest BCUT2D eigenvalue weighted by atomic mass is 9.93. The third-order valence-corrected chi connectivity index (χ3v) is 7.09. The van der Waals surface area contributed by atoms with Crippen LogP contribution in [-0.2, 0) is 4.79 Å². The van der Waals surface area contributed by atoms with Gasteiger partial charge >= 0.3 is 5.97 Å².